The van der Waals surface area contributed by atoms with Crippen molar-refractivity contribution in [2.75, 3.05) is 0 Å². The second-order valence-corrected chi connectivity index (χ2v) is 3.81. The second kappa shape index (κ2) is 4.76. The van der Waals surface area contributed by atoms with Gasteiger partial charge in [0.2, 0.25) is 0 Å². The van der Waals surface area contributed by atoms with Gasteiger partial charge in [-0.3, -0.25) is 0 Å². The van der Waals surface area contributed by atoms with Crippen LogP contribution in [0.15, 0.2) is 0 Å². The summed E-state index contributed by atoms with van der Waals surface area (Å²) >= 11 is 0. The van der Waals surface area contributed by atoms with Crippen LogP contribution in [-0.2, 0) is 0 Å². The largest absolute Gasteiger partial charge is 0.0628 e. The molecule has 0 bridgehead atoms. The summed E-state index contributed by atoms with van der Waals surface area (Å²) in [6.07, 6.45) is 2.58. The summed E-state index contributed by atoms with van der Waals surface area (Å²) in [6, 6.07) is 0. The van der Waals surface area contributed by atoms with Crippen LogP contribution in [-0.4, -0.2) is 0 Å². The van der Waals surface area contributed by atoms with Crippen LogP contribution >= 0.6 is 0 Å². The van der Waals surface area contributed by atoms with Gasteiger partial charge in [-0.15, -0.1) is 0 Å². The molecule has 0 rings (SSSR count). The van der Waals surface area contributed by atoms with Crippen molar-refractivity contribution in [3.8, 4) is 0 Å². The molecular formula is C10H20. The van der Waals surface area contributed by atoms with E-state index in [1.165, 1.54) is 12.8 Å². The van der Waals surface area contributed by atoms with E-state index in [1.807, 2.05) is 0 Å². The van der Waals surface area contributed by atoms with Crippen molar-refractivity contribution in [3.63, 3.8) is 0 Å². The molecule has 2 radical (unpaired) electrons. The Hall–Kier alpha value is 0. The first-order chi connectivity index (χ1) is 4.54. The fourth-order valence-electron chi connectivity index (χ4n) is 0.859. The average molecular weight is 140 g/mol. The van der Waals surface area contributed by atoms with Crippen LogP contribution in [0.25, 0.3) is 0 Å². The average Bonchev–Trinajstić information content (AvgIpc) is 1.82. The van der Waals surface area contributed by atoms with Crippen LogP contribution in [0.5, 0.6) is 0 Å². The minimum absolute atomic E-state index is 0.360. The Balaban J connectivity index is 3.30. The van der Waals surface area contributed by atoms with E-state index in [2.05, 4.69) is 27.7 Å². The van der Waals surface area contributed by atoms with Gasteiger partial charge in [0.05, 0.1) is 0 Å². The lowest BCUT2D eigenvalue weighted by atomic mass is 9.91. The Morgan fingerprint density at radius 2 is 1.50 bits per heavy atom. The summed E-state index contributed by atoms with van der Waals surface area (Å²) in [5, 5.41) is 0. The number of hydrogen-bond acceptors (Lipinski definition) is 0. The van der Waals surface area contributed by atoms with Crippen molar-refractivity contribution >= 4 is 0 Å². The Labute approximate surface area is 66.0 Å². The quantitative estimate of drug-likeness (QED) is 0.561. The van der Waals surface area contributed by atoms with Gasteiger partial charge >= 0.3 is 0 Å². The maximum Gasteiger partial charge on any atom is -0.0318 e. The normalized spacial score (nSPS) is 14.7. The van der Waals surface area contributed by atoms with Gasteiger partial charge in [0.15, 0.2) is 0 Å². The van der Waals surface area contributed by atoms with Gasteiger partial charge in [0.1, 0.15) is 0 Å². The number of rotatable bonds is 4. The molecule has 0 heteroatoms. The van der Waals surface area contributed by atoms with Gasteiger partial charge < -0.3 is 0 Å². The molecule has 0 aromatic rings. The standard InChI is InChI=1S/C10H20/c1-8(2)6-7-10(5)9(3)4/h3,8-10H,6-7H2,1-2,4-5H3/t9?,10-/m1/s1. The van der Waals surface area contributed by atoms with Gasteiger partial charge in [-0.1, -0.05) is 40.5 Å². The molecule has 0 saturated heterocycles. The molecule has 0 fully saturated rings. The fraction of sp³-hybridized carbons (Fsp3) is 0.900. The molecular weight excluding hydrogens is 120 g/mol. The molecule has 0 amide bonds. The molecule has 1 unspecified atom stereocenters. The van der Waals surface area contributed by atoms with Crippen LogP contribution in [0.3, 0.4) is 0 Å². The summed E-state index contributed by atoms with van der Waals surface area (Å²) < 4.78 is 0. The first-order valence-electron chi connectivity index (χ1n) is 4.29. The minimum atomic E-state index is 0.360. The summed E-state index contributed by atoms with van der Waals surface area (Å²) in [6.45, 7) is 14.6. The first-order valence-corrected chi connectivity index (χ1v) is 4.29. The van der Waals surface area contributed by atoms with Crippen LogP contribution in [0.2, 0.25) is 0 Å². The van der Waals surface area contributed by atoms with Crippen molar-refractivity contribution in [2.24, 2.45) is 17.8 Å². The van der Waals surface area contributed by atoms with E-state index in [1.54, 1.807) is 0 Å². The summed E-state index contributed by atoms with van der Waals surface area (Å²) in [4.78, 5) is 0. The van der Waals surface area contributed by atoms with E-state index in [0.29, 0.717) is 11.8 Å². The van der Waals surface area contributed by atoms with Gasteiger partial charge in [-0.2, -0.15) is 0 Å². The summed E-state index contributed by atoms with van der Waals surface area (Å²) in [5.41, 5.74) is 0. The lowest BCUT2D eigenvalue weighted by Gasteiger charge is -2.15. The molecule has 60 valence electrons. The van der Waals surface area contributed by atoms with E-state index in [4.69, 9.17) is 6.92 Å². The van der Waals surface area contributed by atoms with E-state index in [0.717, 1.165) is 5.92 Å². The van der Waals surface area contributed by atoms with Crippen LogP contribution in [0.1, 0.15) is 40.5 Å². The van der Waals surface area contributed by atoms with Crippen molar-refractivity contribution in [3.05, 3.63) is 6.92 Å². The molecule has 2 atom stereocenters. The third kappa shape index (κ3) is 4.84. The topological polar surface area (TPSA) is 0 Å². The van der Waals surface area contributed by atoms with Gasteiger partial charge in [0, 0.05) is 0 Å². The molecule has 0 N–H and O–H groups in total. The zero-order valence-electron chi connectivity index (χ0n) is 7.72. The molecule has 0 spiro atoms. The Kier molecular flexibility index (Phi) is 4.76. The lowest BCUT2D eigenvalue weighted by molar-refractivity contribution is 0.382. The molecule has 0 aliphatic carbocycles. The van der Waals surface area contributed by atoms with Crippen LogP contribution in [0.4, 0.5) is 0 Å². The second-order valence-electron chi connectivity index (χ2n) is 3.81. The van der Waals surface area contributed by atoms with Crippen molar-refractivity contribution in [1.29, 1.82) is 0 Å². The maximum absolute atomic E-state index is 5.72. The van der Waals surface area contributed by atoms with E-state index < -0.39 is 0 Å². The molecule has 0 saturated carbocycles. The van der Waals surface area contributed by atoms with Gasteiger partial charge in [-0.25, -0.2) is 0 Å². The highest BCUT2D eigenvalue weighted by Crippen LogP contribution is 2.18. The Morgan fingerprint density at radius 1 is 1.00 bits per heavy atom. The molecule has 10 heavy (non-hydrogen) atoms. The predicted molar refractivity (Wildman–Crippen MR) is 46.7 cm³/mol. The van der Waals surface area contributed by atoms with Crippen molar-refractivity contribution in [1.82, 2.24) is 0 Å². The van der Waals surface area contributed by atoms with Crippen LogP contribution < -0.4 is 0 Å². The Morgan fingerprint density at radius 3 is 1.80 bits per heavy atom. The predicted octanol–water partition coefficient (Wildman–Crippen LogP) is 3.41. The molecule has 0 nitrogen and oxygen atoms in total. The highest BCUT2D eigenvalue weighted by molar-refractivity contribution is 4.63. The van der Waals surface area contributed by atoms with Gasteiger partial charge in [0.25, 0.3) is 0 Å². The third-order valence-corrected chi connectivity index (χ3v) is 2.10. The molecule has 0 aromatic carbocycles. The number of hydrogen-bond donors (Lipinski definition) is 0. The highest BCUT2D eigenvalue weighted by atomic mass is 14.1. The molecule has 0 aliphatic rings. The van der Waals surface area contributed by atoms with Crippen LogP contribution in [0, 0.1) is 24.7 Å². The summed E-state index contributed by atoms with van der Waals surface area (Å²) in [5.74, 6) is 1.86. The van der Waals surface area contributed by atoms with Crippen molar-refractivity contribution < 1.29 is 0 Å². The smallest absolute Gasteiger partial charge is 0.0318 e. The summed E-state index contributed by atoms with van der Waals surface area (Å²) in [7, 11) is 0. The molecule has 0 aromatic heterocycles. The SMILES string of the molecule is [CH]C(C)[C@H](C)CCC(C)C. The van der Waals surface area contributed by atoms with E-state index >= 15 is 0 Å². The van der Waals surface area contributed by atoms with E-state index in [9.17, 15) is 0 Å². The first kappa shape index (κ1) is 10.0. The monoisotopic (exact) mass is 140 g/mol. The molecule has 0 heterocycles. The van der Waals surface area contributed by atoms with Crippen molar-refractivity contribution in [2.45, 2.75) is 40.5 Å². The zero-order valence-corrected chi connectivity index (χ0v) is 7.72. The van der Waals surface area contributed by atoms with Gasteiger partial charge in [-0.05, 0) is 24.7 Å². The highest BCUT2D eigenvalue weighted by Gasteiger charge is 2.07. The molecule has 0 aliphatic heterocycles. The van der Waals surface area contributed by atoms with E-state index in [-0.39, 0.29) is 0 Å². The Bertz CT molecular complexity index is 72.1. The zero-order chi connectivity index (χ0) is 8.15. The lowest BCUT2D eigenvalue weighted by Crippen LogP contribution is -2.05. The third-order valence-electron chi connectivity index (χ3n) is 2.10. The fourth-order valence-corrected chi connectivity index (χ4v) is 0.859. The maximum atomic E-state index is 5.72. The minimum Gasteiger partial charge on any atom is -0.0628 e.